The first-order chi connectivity index (χ1) is 48.6. The predicted molar refractivity (Wildman–Crippen MR) is 410 cm³/mol. The Labute approximate surface area is 568 Å². The van der Waals surface area contributed by atoms with Gasteiger partial charge in [-0.15, -0.1) is 0 Å². The van der Waals surface area contributed by atoms with E-state index in [0.29, 0.717) is 0 Å². The van der Waals surface area contributed by atoms with Gasteiger partial charge in [-0.2, -0.15) is 0 Å². The molecular formula is C94H60N4. The number of benzene rings is 14. The zero-order valence-corrected chi connectivity index (χ0v) is 53.4. The van der Waals surface area contributed by atoms with Crippen LogP contribution in [0.15, 0.2) is 364 Å². The quantitative estimate of drug-likeness (QED) is 0.166. The largest absolute Gasteiger partial charge is 0.294 e. The number of nitrogens with zero attached hydrogens (tertiary/aromatic N) is 4. The highest BCUT2D eigenvalue weighted by molar-refractivity contribution is 6.12. The smallest absolute Gasteiger partial charge is 0.145 e. The van der Waals surface area contributed by atoms with Gasteiger partial charge < -0.3 is 0 Å². The first kappa shape index (κ1) is 56.5. The average molecular weight is 1250 g/mol. The van der Waals surface area contributed by atoms with Crippen molar-refractivity contribution in [1.29, 1.82) is 0 Å². The normalized spacial score (nSPS) is 11.7. The Balaban J connectivity index is 0.000000137. The van der Waals surface area contributed by atoms with Gasteiger partial charge in [-0.25, -0.2) is 9.97 Å². The maximum atomic E-state index is 4.82. The van der Waals surface area contributed by atoms with E-state index in [1.807, 2.05) is 24.5 Å². The van der Waals surface area contributed by atoms with E-state index < -0.39 is 0 Å². The van der Waals surface area contributed by atoms with Crippen LogP contribution < -0.4 is 0 Å². The van der Waals surface area contributed by atoms with Gasteiger partial charge >= 0.3 is 0 Å². The van der Waals surface area contributed by atoms with Crippen molar-refractivity contribution in [2.45, 2.75) is 0 Å². The molecule has 2 aliphatic carbocycles. The van der Waals surface area contributed by atoms with Crippen LogP contribution in [0.25, 0.3) is 189 Å². The minimum Gasteiger partial charge on any atom is -0.294 e. The lowest BCUT2D eigenvalue weighted by molar-refractivity contribution is 1.14. The monoisotopic (exact) mass is 1240 g/mol. The van der Waals surface area contributed by atoms with Crippen molar-refractivity contribution in [3.8, 4) is 145 Å². The third-order valence-electron chi connectivity index (χ3n) is 20.1. The van der Waals surface area contributed by atoms with Gasteiger partial charge in [-0.05, 0) is 225 Å². The van der Waals surface area contributed by atoms with Gasteiger partial charge in [0.2, 0.25) is 0 Å². The van der Waals surface area contributed by atoms with Crippen LogP contribution in [0.1, 0.15) is 0 Å². The molecule has 20 rings (SSSR count). The molecule has 14 aromatic carbocycles. The zero-order chi connectivity index (χ0) is 64.6. The molecule has 18 aromatic rings. The van der Waals surface area contributed by atoms with Gasteiger partial charge in [0, 0.05) is 45.3 Å². The molecule has 0 aliphatic heterocycles. The molecule has 0 unspecified atom stereocenters. The molecule has 2 aliphatic rings. The number of fused-ring (bicyclic) bond motifs is 22. The van der Waals surface area contributed by atoms with Crippen LogP contribution in [0, 0.1) is 0 Å². The van der Waals surface area contributed by atoms with Crippen LogP contribution in [-0.4, -0.2) is 19.1 Å². The molecule has 0 atom stereocenters. The lowest BCUT2D eigenvalue weighted by Crippen LogP contribution is -1.98. The highest BCUT2D eigenvalue weighted by Crippen LogP contribution is 2.52. The summed E-state index contributed by atoms with van der Waals surface area (Å²) in [5.41, 5.74) is 36.2. The summed E-state index contributed by atoms with van der Waals surface area (Å²) in [6.45, 7) is 0. The molecule has 4 heteroatoms. The molecule has 0 amide bonds. The van der Waals surface area contributed by atoms with Crippen LogP contribution in [-0.2, 0) is 0 Å². The minimum absolute atomic E-state index is 0.970. The zero-order valence-electron chi connectivity index (χ0n) is 53.4. The molecule has 4 nitrogen and oxygen atoms in total. The fourth-order valence-electron chi connectivity index (χ4n) is 15.7. The first-order valence-corrected chi connectivity index (χ1v) is 33.6. The average Bonchev–Trinajstić information content (AvgIpc) is 0.904. The molecule has 0 saturated carbocycles. The van der Waals surface area contributed by atoms with E-state index in [9.17, 15) is 0 Å². The number of rotatable bonds is 6. The number of hydrogen-bond acceptors (Lipinski definition) is 2. The van der Waals surface area contributed by atoms with Crippen LogP contribution in [0.2, 0.25) is 0 Å². The van der Waals surface area contributed by atoms with Gasteiger partial charge in [0.25, 0.3) is 0 Å². The van der Waals surface area contributed by atoms with Crippen molar-refractivity contribution in [1.82, 2.24) is 19.1 Å². The Morgan fingerprint density at radius 3 is 0.929 bits per heavy atom. The summed E-state index contributed by atoms with van der Waals surface area (Å²) in [6.07, 6.45) is 3.76. The molecule has 98 heavy (non-hydrogen) atoms. The fraction of sp³-hybridized carbons (Fsp3) is 0. The molecule has 0 bridgehead atoms. The van der Waals surface area contributed by atoms with E-state index in [1.54, 1.807) is 0 Å². The Morgan fingerprint density at radius 1 is 0.173 bits per heavy atom. The molecule has 456 valence electrons. The van der Waals surface area contributed by atoms with Gasteiger partial charge in [0.15, 0.2) is 0 Å². The SMILES string of the molecule is c1ccc(-n2c3ccc(-c4cccc(-c5ccc6c(c5)-c5ccccc5-c5ccccc5-c5ccccc5-6)c4)cc3c3cccnc32)cc1.c1ccc(-n2c3ccc(-c4cccc(-c5cccc6c5-c5ccccc5-c5ccccc5-c5ccccc5-6)c4)cc3c3cccnc32)cc1. The summed E-state index contributed by atoms with van der Waals surface area (Å²) in [6, 6.07) is 128. The topological polar surface area (TPSA) is 35.6 Å². The highest BCUT2D eigenvalue weighted by atomic mass is 15.1. The summed E-state index contributed by atoms with van der Waals surface area (Å²) < 4.78 is 4.53. The van der Waals surface area contributed by atoms with Crippen LogP contribution >= 0.6 is 0 Å². The van der Waals surface area contributed by atoms with Gasteiger partial charge in [0.05, 0.1) is 11.0 Å². The molecule has 0 spiro atoms. The number of hydrogen-bond donors (Lipinski definition) is 0. The van der Waals surface area contributed by atoms with E-state index >= 15 is 0 Å². The number of pyridine rings is 2. The van der Waals surface area contributed by atoms with Crippen molar-refractivity contribution in [3.63, 3.8) is 0 Å². The second-order valence-electron chi connectivity index (χ2n) is 25.5. The molecule has 0 saturated heterocycles. The first-order valence-electron chi connectivity index (χ1n) is 33.6. The Morgan fingerprint density at radius 2 is 0.480 bits per heavy atom. The van der Waals surface area contributed by atoms with Crippen molar-refractivity contribution in [3.05, 3.63) is 364 Å². The van der Waals surface area contributed by atoms with Gasteiger partial charge in [0.1, 0.15) is 11.3 Å². The number of para-hydroxylation sites is 2. The van der Waals surface area contributed by atoms with E-state index in [2.05, 4.69) is 349 Å². The lowest BCUT2D eigenvalue weighted by atomic mass is 9.78. The highest BCUT2D eigenvalue weighted by Gasteiger charge is 2.26. The Bertz CT molecular complexity index is 6120. The second-order valence-corrected chi connectivity index (χ2v) is 25.5. The summed E-state index contributed by atoms with van der Waals surface area (Å²) in [4.78, 5) is 9.62. The van der Waals surface area contributed by atoms with Crippen molar-refractivity contribution < 1.29 is 0 Å². The summed E-state index contributed by atoms with van der Waals surface area (Å²) in [5, 5.41) is 4.70. The maximum absolute atomic E-state index is 4.82. The van der Waals surface area contributed by atoms with E-state index in [-0.39, 0.29) is 0 Å². The van der Waals surface area contributed by atoms with E-state index in [4.69, 9.17) is 9.97 Å². The third kappa shape index (κ3) is 9.37. The molecule has 0 radical (unpaired) electrons. The van der Waals surface area contributed by atoms with E-state index in [1.165, 1.54) is 144 Å². The van der Waals surface area contributed by atoms with Crippen molar-refractivity contribution in [2.75, 3.05) is 0 Å². The molecule has 4 aromatic heterocycles. The maximum Gasteiger partial charge on any atom is 0.145 e. The second kappa shape index (κ2) is 23.5. The lowest BCUT2D eigenvalue weighted by Gasteiger charge is -2.25. The molecular weight excluding hydrogens is 1190 g/mol. The third-order valence-corrected chi connectivity index (χ3v) is 20.1. The molecule has 0 fully saturated rings. The van der Waals surface area contributed by atoms with Crippen LogP contribution in [0.4, 0.5) is 0 Å². The molecule has 0 N–H and O–H groups in total. The van der Waals surface area contributed by atoms with Gasteiger partial charge in [-0.1, -0.05) is 261 Å². The summed E-state index contributed by atoms with van der Waals surface area (Å²) in [7, 11) is 0. The number of aromatic nitrogens is 4. The predicted octanol–water partition coefficient (Wildman–Crippen LogP) is 25.0. The minimum atomic E-state index is 0.970. The van der Waals surface area contributed by atoms with Crippen molar-refractivity contribution >= 4 is 43.9 Å². The van der Waals surface area contributed by atoms with Crippen molar-refractivity contribution in [2.24, 2.45) is 0 Å². The van der Waals surface area contributed by atoms with Gasteiger partial charge in [-0.3, -0.25) is 9.13 Å². The van der Waals surface area contributed by atoms with Crippen LogP contribution in [0.5, 0.6) is 0 Å². The molecule has 4 heterocycles. The fourth-order valence-corrected chi connectivity index (χ4v) is 15.7. The summed E-state index contributed by atoms with van der Waals surface area (Å²) >= 11 is 0. The Hall–Kier alpha value is -13.0. The van der Waals surface area contributed by atoms with Crippen LogP contribution in [0.3, 0.4) is 0 Å². The summed E-state index contributed by atoms with van der Waals surface area (Å²) in [5.74, 6) is 0. The standard InChI is InChI=1S/2C47H30N2/c1-2-15-34(16-3-1)49-45-27-26-32(30-44(45)43-25-12-28-48-47(43)49)31-13-10-14-33(29-31)35-23-11-24-42-40-20-7-6-19-38(40)36-17-4-5-18-37(36)39-21-8-9-22-41(39)46(35)42;1-2-14-35(15-3-1)49-46-26-24-34(30-45(46)43-22-11-27-48-47(43)49)32-13-10-12-31(28-32)33-23-25-42-40-20-7-6-18-38(40)36-16-4-5-17-37(36)39-19-8-9-21-41(39)44(42)29-33/h2*1-30H. The van der Waals surface area contributed by atoms with E-state index in [0.717, 1.165) is 44.5 Å². The Kier molecular flexibility index (Phi) is 13.5.